The molecule has 0 saturated carbocycles. The Morgan fingerprint density at radius 2 is 1.74 bits per heavy atom. The van der Waals surface area contributed by atoms with Crippen molar-refractivity contribution >= 4 is 17.3 Å². The summed E-state index contributed by atoms with van der Waals surface area (Å²) >= 11 is 0. The number of hydrogen-bond donors (Lipinski definition) is 2. The van der Waals surface area contributed by atoms with Gasteiger partial charge in [-0.25, -0.2) is 9.97 Å². The molecule has 1 saturated heterocycles. The van der Waals surface area contributed by atoms with Crippen molar-refractivity contribution in [3.8, 4) is 0 Å². The summed E-state index contributed by atoms with van der Waals surface area (Å²) in [7, 11) is 0. The van der Waals surface area contributed by atoms with Crippen molar-refractivity contribution in [2.24, 2.45) is 0 Å². The van der Waals surface area contributed by atoms with Crippen LogP contribution >= 0.6 is 0 Å². The minimum absolute atomic E-state index is 0.682. The molecule has 1 aromatic heterocycles. The number of nitrogens with one attached hydrogen (secondary N) is 1. The maximum atomic E-state index is 11.0. The molecule has 5 nitrogen and oxygen atoms in total. The standard InChI is InChI=1S/C22H24N4O/c1-17-6-5-9-19(14-17)25-20-15-21(24-16-23-20)26-12-10-22(27,11-13-26)18-7-3-2-4-8-18/h2-9,14-16,27H,10-13H2,1H3,(H,23,24,25). The highest BCUT2D eigenvalue weighted by Crippen LogP contribution is 2.34. The smallest absolute Gasteiger partial charge is 0.135 e. The van der Waals surface area contributed by atoms with Crippen LogP contribution in [0.15, 0.2) is 67.0 Å². The first kappa shape index (κ1) is 17.5. The fourth-order valence-electron chi connectivity index (χ4n) is 3.60. The zero-order valence-electron chi connectivity index (χ0n) is 15.5. The lowest BCUT2D eigenvalue weighted by Crippen LogP contribution is -2.43. The van der Waals surface area contributed by atoms with Gasteiger partial charge in [-0.15, -0.1) is 0 Å². The van der Waals surface area contributed by atoms with Crippen LogP contribution in [-0.2, 0) is 5.60 Å². The average molecular weight is 360 g/mol. The molecule has 1 aliphatic rings. The second kappa shape index (κ2) is 7.37. The molecular weight excluding hydrogens is 336 g/mol. The Morgan fingerprint density at radius 1 is 0.963 bits per heavy atom. The van der Waals surface area contributed by atoms with Crippen LogP contribution in [0.2, 0.25) is 0 Å². The minimum atomic E-state index is -0.757. The van der Waals surface area contributed by atoms with Gasteiger partial charge in [0.15, 0.2) is 0 Å². The lowest BCUT2D eigenvalue weighted by molar-refractivity contribution is 0.0116. The molecule has 27 heavy (non-hydrogen) atoms. The predicted molar refractivity (Wildman–Crippen MR) is 108 cm³/mol. The number of aryl methyl sites for hydroxylation is 1. The van der Waals surface area contributed by atoms with Gasteiger partial charge in [0.25, 0.3) is 0 Å². The van der Waals surface area contributed by atoms with Gasteiger partial charge in [0.05, 0.1) is 5.60 Å². The number of nitrogens with zero attached hydrogens (tertiary/aromatic N) is 3. The van der Waals surface area contributed by atoms with Gasteiger partial charge in [0.2, 0.25) is 0 Å². The zero-order chi connectivity index (χ0) is 18.7. The van der Waals surface area contributed by atoms with E-state index < -0.39 is 5.60 Å². The summed E-state index contributed by atoms with van der Waals surface area (Å²) in [4.78, 5) is 11.0. The Kier molecular flexibility index (Phi) is 4.77. The lowest BCUT2D eigenvalue weighted by atomic mass is 9.84. The number of aromatic nitrogens is 2. The van der Waals surface area contributed by atoms with E-state index in [1.807, 2.05) is 48.5 Å². The largest absolute Gasteiger partial charge is 0.385 e. The third-order valence-electron chi connectivity index (χ3n) is 5.17. The summed E-state index contributed by atoms with van der Waals surface area (Å²) in [5.41, 5.74) is 2.45. The topological polar surface area (TPSA) is 61.3 Å². The van der Waals surface area contributed by atoms with Crippen LogP contribution in [0.3, 0.4) is 0 Å². The molecule has 2 heterocycles. The predicted octanol–water partition coefficient (Wildman–Crippen LogP) is 4.02. The molecule has 138 valence electrons. The fourth-order valence-corrected chi connectivity index (χ4v) is 3.60. The van der Waals surface area contributed by atoms with Gasteiger partial charge in [0.1, 0.15) is 18.0 Å². The first-order valence-corrected chi connectivity index (χ1v) is 9.31. The maximum absolute atomic E-state index is 11.0. The van der Waals surface area contributed by atoms with Crippen LogP contribution in [0.4, 0.5) is 17.3 Å². The van der Waals surface area contributed by atoms with Crippen molar-refractivity contribution in [3.05, 3.63) is 78.1 Å². The van der Waals surface area contributed by atoms with E-state index in [1.165, 1.54) is 5.56 Å². The van der Waals surface area contributed by atoms with Gasteiger partial charge in [-0.05, 0) is 43.0 Å². The van der Waals surface area contributed by atoms with Crippen molar-refractivity contribution in [2.45, 2.75) is 25.4 Å². The van der Waals surface area contributed by atoms with E-state index in [2.05, 4.69) is 39.2 Å². The molecule has 0 atom stereocenters. The van der Waals surface area contributed by atoms with E-state index in [1.54, 1.807) is 6.33 Å². The molecule has 0 bridgehead atoms. The van der Waals surface area contributed by atoms with E-state index in [-0.39, 0.29) is 0 Å². The quantitative estimate of drug-likeness (QED) is 0.736. The fraction of sp³-hybridized carbons (Fsp3) is 0.273. The third kappa shape index (κ3) is 3.93. The normalized spacial score (nSPS) is 16.1. The molecule has 1 fully saturated rings. The monoisotopic (exact) mass is 360 g/mol. The first-order chi connectivity index (χ1) is 13.1. The van der Waals surface area contributed by atoms with Gasteiger partial charge < -0.3 is 15.3 Å². The van der Waals surface area contributed by atoms with E-state index in [9.17, 15) is 5.11 Å². The number of benzene rings is 2. The molecule has 3 aromatic rings. The summed E-state index contributed by atoms with van der Waals surface area (Å²) in [6, 6.07) is 20.1. The van der Waals surface area contributed by atoms with Crippen molar-refractivity contribution < 1.29 is 5.11 Å². The van der Waals surface area contributed by atoms with E-state index >= 15 is 0 Å². The molecule has 4 rings (SSSR count). The minimum Gasteiger partial charge on any atom is -0.385 e. The van der Waals surface area contributed by atoms with Crippen LogP contribution in [0.25, 0.3) is 0 Å². The second-order valence-electron chi connectivity index (χ2n) is 7.14. The van der Waals surface area contributed by atoms with E-state index in [0.29, 0.717) is 12.8 Å². The summed E-state index contributed by atoms with van der Waals surface area (Å²) in [6.45, 7) is 3.58. The average Bonchev–Trinajstić information content (AvgIpc) is 2.69. The van der Waals surface area contributed by atoms with Crippen LogP contribution in [0, 0.1) is 6.92 Å². The molecule has 2 N–H and O–H groups in total. The molecule has 0 aliphatic carbocycles. The van der Waals surface area contributed by atoms with E-state index in [0.717, 1.165) is 36.0 Å². The number of rotatable bonds is 4. The Bertz CT molecular complexity index is 905. The van der Waals surface area contributed by atoms with Gasteiger partial charge in [0, 0.05) is 24.8 Å². The second-order valence-corrected chi connectivity index (χ2v) is 7.14. The zero-order valence-corrected chi connectivity index (χ0v) is 15.5. The third-order valence-corrected chi connectivity index (χ3v) is 5.17. The van der Waals surface area contributed by atoms with Crippen LogP contribution in [0.5, 0.6) is 0 Å². The molecule has 0 amide bonds. The van der Waals surface area contributed by atoms with Crippen molar-refractivity contribution in [3.63, 3.8) is 0 Å². The molecular formula is C22H24N4O. The maximum Gasteiger partial charge on any atom is 0.135 e. The highest BCUT2D eigenvalue weighted by Gasteiger charge is 2.34. The van der Waals surface area contributed by atoms with Crippen molar-refractivity contribution in [1.29, 1.82) is 0 Å². The highest BCUT2D eigenvalue weighted by atomic mass is 16.3. The lowest BCUT2D eigenvalue weighted by Gasteiger charge is -2.39. The molecule has 0 radical (unpaired) electrons. The molecule has 0 spiro atoms. The van der Waals surface area contributed by atoms with Gasteiger partial charge >= 0.3 is 0 Å². The first-order valence-electron chi connectivity index (χ1n) is 9.31. The summed E-state index contributed by atoms with van der Waals surface area (Å²) < 4.78 is 0. The molecule has 2 aromatic carbocycles. The van der Waals surface area contributed by atoms with E-state index in [4.69, 9.17) is 0 Å². The van der Waals surface area contributed by atoms with Crippen LogP contribution in [0.1, 0.15) is 24.0 Å². The molecule has 0 unspecified atom stereocenters. The number of anilines is 3. The van der Waals surface area contributed by atoms with Gasteiger partial charge in [-0.3, -0.25) is 0 Å². The Morgan fingerprint density at radius 3 is 2.48 bits per heavy atom. The molecule has 1 aliphatic heterocycles. The van der Waals surface area contributed by atoms with Crippen LogP contribution in [-0.4, -0.2) is 28.2 Å². The van der Waals surface area contributed by atoms with Crippen molar-refractivity contribution in [1.82, 2.24) is 9.97 Å². The Labute approximate surface area is 159 Å². The number of aliphatic hydroxyl groups is 1. The SMILES string of the molecule is Cc1cccc(Nc2cc(N3CCC(O)(c4ccccc4)CC3)ncn2)c1. The van der Waals surface area contributed by atoms with Crippen molar-refractivity contribution in [2.75, 3.05) is 23.3 Å². The Balaban J connectivity index is 1.46. The van der Waals surface area contributed by atoms with Gasteiger partial charge in [-0.1, -0.05) is 42.5 Å². The Hall–Kier alpha value is -2.92. The summed E-state index contributed by atoms with van der Waals surface area (Å²) in [5.74, 6) is 1.66. The summed E-state index contributed by atoms with van der Waals surface area (Å²) in [5, 5.41) is 14.4. The summed E-state index contributed by atoms with van der Waals surface area (Å²) in [6.07, 6.45) is 2.95. The number of piperidine rings is 1. The van der Waals surface area contributed by atoms with Gasteiger partial charge in [-0.2, -0.15) is 0 Å². The highest BCUT2D eigenvalue weighted by molar-refractivity contribution is 5.60. The van der Waals surface area contributed by atoms with Crippen LogP contribution < -0.4 is 10.2 Å². The molecule has 5 heteroatoms. The number of hydrogen-bond acceptors (Lipinski definition) is 5.